The van der Waals surface area contributed by atoms with Gasteiger partial charge in [-0.3, -0.25) is 57.8 Å². The van der Waals surface area contributed by atoms with Gasteiger partial charge in [0.25, 0.3) is 17.7 Å². The number of likely N-dealkylation sites (tertiary alicyclic amines) is 1. The Kier molecular flexibility index (Phi) is 22.1. The average molecular weight is 1340 g/mol. The van der Waals surface area contributed by atoms with E-state index >= 15 is 8.78 Å². The molecule has 7 atom stereocenters. The number of likely N-dealkylation sites (N-methyl/N-ethyl adjacent to an activating group) is 1. The van der Waals surface area contributed by atoms with Crippen LogP contribution in [0.4, 0.5) is 8.78 Å². The molecule has 5 saturated heterocycles. The van der Waals surface area contributed by atoms with Crippen LogP contribution in [-0.2, 0) is 66.0 Å². The van der Waals surface area contributed by atoms with Gasteiger partial charge < -0.3 is 60.8 Å². The second-order valence-corrected chi connectivity index (χ2v) is 27.7. The molecular weight excluding hydrogens is 1260 g/mol. The fourth-order valence-corrected chi connectivity index (χ4v) is 15.2. The number of fused-ring (bicyclic) bond motifs is 3. The summed E-state index contributed by atoms with van der Waals surface area (Å²) < 4.78 is 53.3. The molecule has 1 aromatic heterocycles. The van der Waals surface area contributed by atoms with Gasteiger partial charge in [-0.2, -0.15) is 8.78 Å². The SMILES string of the molecule is CCOP(=O)(O)C(F)(F)c1ccc2sc(C(=O)N[C@H]3CN(CC)CC[C@H]4CC[C@@H](C(=O)N[C@@H](CCC(N)=O)C(=O)N[C@@H](Cc5ccc(C(=O)NC6CCOCC6)cc5)C(=O)N5CCC(CCC#Cc6cccc7c6CN(C6CCC(=O)NC6=O)C7=O)CC5)N4C3=O)cc2c1. The van der Waals surface area contributed by atoms with E-state index < -0.39 is 103 Å². The minimum atomic E-state index is -5.42. The molecule has 4 aromatic rings. The number of piperidine rings is 2. The first-order valence-corrected chi connectivity index (χ1v) is 34.6. The lowest BCUT2D eigenvalue weighted by Crippen LogP contribution is -2.62. The topological polar surface area (TPSA) is 326 Å². The van der Waals surface area contributed by atoms with Crippen molar-refractivity contribution in [3.63, 3.8) is 0 Å². The Morgan fingerprint density at radius 3 is 2.35 bits per heavy atom. The van der Waals surface area contributed by atoms with Gasteiger partial charge >= 0.3 is 13.3 Å². The van der Waals surface area contributed by atoms with Gasteiger partial charge in [-0.1, -0.05) is 43.0 Å². The largest absolute Gasteiger partial charge is 0.401 e. The molecule has 28 heteroatoms. The summed E-state index contributed by atoms with van der Waals surface area (Å²) >= 11 is 0.959. The van der Waals surface area contributed by atoms with Crippen molar-refractivity contribution in [1.29, 1.82) is 0 Å². The third-order valence-corrected chi connectivity index (χ3v) is 21.3. The maximum absolute atomic E-state index is 15.3. The van der Waals surface area contributed by atoms with Crippen LogP contribution in [0.3, 0.4) is 0 Å². The van der Waals surface area contributed by atoms with Crippen molar-refractivity contribution in [2.24, 2.45) is 11.7 Å². The zero-order valence-electron chi connectivity index (χ0n) is 52.5. The lowest BCUT2D eigenvalue weighted by Gasteiger charge is -2.38. The number of thiophene rings is 1. The number of imide groups is 1. The van der Waals surface area contributed by atoms with E-state index in [0.29, 0.717) is 111 Å². The third kappa shape index (κ3) is 15.9. The predicted molar refractivity (Wildman–Crippen MR) is 340 cm³/mol. The quantitative estimate of drug-likeness (QED) is 0.0322. The number of primary amides is 1. The molecule has 7 heterocycles. The summed E-state index contributed by atoms with van der Waals surface area (Å²) in [5.41, 5.74) is 3.47. The van der Waals surface area contributed by atoms with Gasteiger partial charge in [-0.05, 0) is 143 Å². The highest BCUT2D eigenvalue weighted by molar-refractivity contribution is 7.53. The highest BCUT2D eigenvalue weighted by atomic mass is 32.1. The zero-order valence-corrected chi connectivity index (χ0v) is 54.2. The highest BCUT2D eigenvalue weighted by Gasteiger charge is 2.53. The molecule has 2 unspecified atom stereocenters. The van der Waals surface area contributed by atoms with Crippen LogP contribution in [0.1, 0.15) is 150 Å². The summed E-state index contributed by atoms with van der Waals surface area (Å²) in [5, 5.41) is 14.1. The maximum atomic E-state index is 15.3. The monoisotopic (exact) mass is 1340 g/mol. The summed E-state index contributed by atoms with van der Waals surface area (Å²) in [6.45, 7) is 5.83. The molecule has 0 radical (unpaired) electrons. The minimum absolute atomic E-state index is 0.0210. The van der Waals surface area contributed by atoms with Gasteiger partial charge in [0.05, 0.1) is 11.5 Å². The number of rotatable bonds is 22. The molecule has 94 heavy (non-hydrogen) atoms. The summed E-state index contributed by atoms with van der Waals surface area (Å²) in [5.74, 6) is 1.33. The van der Waals surface area contributed by atoms with E-state index in [4.69, 9.17) is 10.5 Å². The van der Waals surface area contributed by atoms with Crippen LogP contribution in [0.25, 0.3) is 10.1 Å². The van der Waals surface area contributed by atoms with Crippen LogP contribution in [0.15, 0.2) is 66.7 Å². The first-order chi connectivity index (χ1) is 45.0. The maximum Gasteiger partial charge on any atom is 0.401 e. The van der Waals surface area contributed by atoms with Crippen molar-refractivity contribution in [2.45, 2.75) is 158 Å². The fraction of sp³-hybridized carbons (Fsp3) is 0.515. The number of halogens is 2. The number of nitrogens with one attached hydrogen (secondary N) is 5. The van der Waals surface area contributed by atoms with Gasteiger partial charge in [-0.25, -0.2) is 0 Å². The Bertz CT molecular complexity index is 3700. The number of hydrogen-bond acceptors (Lipinski definition) is 15. The molecule has 10 rings (SSSR count). The molecule has 0 aliphatic carbocycles. The number of ether oxygens (including phenoxy) is 1. The molecule has 0 bridgehead atoms. The van der Waals surface area contributed by atoms with Gasteiger partial charge in [0.2, 0.25) is 41.4 Å². The number of amides is 10. The van der Waals surface area contributed by atoms with Gasteiger partial charge in [-0.15, -0.1) is 11.3 Å². The number of benzene rings is 3. The van der Waals surface area contributed by atoms with E-state index in [9.17, 15) is 57.4 Å². The van der Waals surface area contributed by atoms with Gasteiger partial charge in [0, 0.05) is 111 Å². The summed E-state index contributed by atoms with van der Waals surface area (Å²) in [6.07, 6.45) is 4.68. The molecule has 0 spiro atoms. The standard InChI is InChI=1S/C66H79F2N10O14PS/c1-3-75-29-26-46-17-19-53(78(46)65(88)51(38-75)73-62(85)55-36-43-35-44(16-21-54(43)94-55)66(67,68)93(89,90)92-4-2)61(84)71-49(18-22-56(69)79)59(82)72-50(34-40-12-14-42(15-13-40)58(81)70-45-27-32-91-33-28-45)64(87)76-30-24-39(25-31-76)8-5-6-9-41-10-7-11-47-48(41)37-77(63(47)86)52-20-23-57(80)74-60(52)83/h7,10-16,21,35-36,39,45-46,49-53H,3-5,8,17-20,22-34,37-38H2,1-2H3,(H2,69,79)(H,70,81)(H,71,84)(H,72,82)(H,73,85)(H,89,90)(H,74,80,83)/t46-,49+,50+,51+,52?,53+/m1/s1. The van der Waals surface area contributed by atoms with Crippen LogP contribution >= 0.6 is 18.9 Å². The number of carbonyl (C=O) groups is 10. The Balaban J connectivity index is 0.816. The Hall–Kier alpha value is -7.99. The first-order valence-electron chi connectivity index (χ1n) is 32.2. The van der Waals surface area contributed by atoms with E-state index in [1.165, 1.54) is 28.9 Å². The van der Waals surface area contributed by atoms with Crippen molar-refractivity contribution in [2.75, 3.05) is 52.5 Å². The molecule has 24 nitrogen and oxygen atoms in total. The summed E-state index contributed by atoms with van der Waals surface area (Å²) in [7, 11) is -5.42. The number of alkyl halides is 2. The van der Waals surface area contributed by atoms with Crippen LogP contribution < -0.4 is 32.3 Å². The highest BCUT2D eigenvalue weighted by Crippen LogP contribution is 2.63. The van der Waals surface area contributed by atoms with E-state index in [0.717, 1.165) is 35.5 Å². The number of carbonyl (C=O) groups excluding carboxylic acids is 10. The first kappa shape index (κ1) is 68.9. The number of nitrogens with zero attached hydrogens (tertiary/aromatic N) is 4. The average Bonchev–Trinajstić information content (AvgIpc) is 1.44. The van der Waals surface area contributed by atoms with E-state index in [1.807, 2.05) is 17.9 Å². The zero-order chi connectivity index (χ0) is 67.0. The van der Waals surface area contributed by atoms with Crippen LogP contribution in [0.5, 0.6) is 0 Å². The van der Waals surface area contributed by atoms with Gasteiger partial charge in [0.15, 0.2) is 0 Å². The van der Waals surface area contributed by atoms with E-state index in [1.54, 1.807) is 41.3 Å². The molecule has 3 aromatic carbocycles. The molecule has 0 saturated carbocycles. The van der Waals surface area contributed by atoms with E-state index in [2.05, 4.69) is 42.9 Å². The Morgan fingerprint density at radius 2 is 1.64 bits per heavy atom. The lowest BCUT2D eigenvalue weighted by molar-refractivity contribution is -0.144. The fourth-order valence-electron chi connectivity index (χ4n) is 13.3. The number of hydrogen-bond donors (Lipinski definition) is 7. The van der Waals surface area contributed by atoms with Gasteiger partial charge in [0.1, 0.15) is 30.2 Å². The molecule has 10 amide bonds. The molecule has 5 fully saturated rings. The van der Waals surface area contributed by atoms with Crippen molar-refractivity contribution in [1.82, 2.24) is 46.2 Å². The molecular formula is C66H79F2N10O14PS. The molecule has 6 aliphatic rings. The van der Waals surface area contributed by atoms with Crippen molar-refractivity contribution in [3.8, 4) is 11.8 Å². The van der Waals surface area contributed by atoms with Crippen molar-refractivity contribution < 1.29 is 75.4 Å². The predicted octanol–water partition coefficient (Wildman–Crippen LogP) is 4.57. The second kappa shape index (κ2) is 30.2. The molecule has 8 N–H and O–H groups in total. The molecule has 6 aliphatic heterocycles. The smallest absolute Gasteiger partial charge is 0.381 e. The van der Waals surface area contributed by atoms with E-state index in [-0.39, 0.29) is 91.6 Å². The van der Waals surface area contributed by atoms with Crippen LogP contribution in [0.2, 0.25) is 0 Å². The Morgan fingerprint density at radius 1 is 0.883 bits per heavy atom. The Labute approximate surface area is 546 Å². The van der Waals surface area contributed by atoms with Crippen LogP contribution in [-0.4, -0.2) is 178 Å². The summed E-state index contributed by atoms with van der Waals surface area (Å²) in [4.78, 5) is 154. The van der Waals surface area contributed by atoms with Crippen molar-refractivity contribution in [3.05, 3.63) is 105 Å². The minimum Gasteiger partial charge on any atom is -0.381 e. The summed E-state index contributed by atoms with van der Waals surface area (Å²) in [6, 6.07) is 10.4. The van der Waals surface area contributed by atoms with Crippen molar-refractivity contribution >= 4 is 88.1 Å². The number of nitrogens with two attached hydrogens (primary N) is 1. The third-order valence-electron chi connectivity index (χ3n) is 18.6. The normalized spacial score (nSPS) is 21.9. The van der Waals surface area contributed by atoms with Crippen LogP contribution in [0, 0.1) is 17.8 Å². The second-order valence-electron chi connectivity index (χ2n) is 24.8. The molecule has 502 valence electrons. The lowest BCUT2D eigenvalue weighted by atomic mass is 9.91.